The molecule has 0 unspecified atom stereocenters. The summed E-state index contributed by atoms with van der Waals surface area (Å²) in [6, 6.07) is 19.2. The maximum Gasteiger partial charge on any atom is 0.262 e. The summed E-state index contributed by atoms with van der Waals surface area (Å²) in [6.07, 6.45) is 0. The van der Waals surface area contributed by atoms with Gasteiger partial charge in [-0.25, -0.2) is 8.42 Å². The standard InChI is InChI=1S/C25H27ClN4O3S/c1-18-6-2-5-9-24(18)34(32,33)29-22-16-19(10-11-23(22)30-14-12-27-13-15-30)25(31)28-17-20-7-3-4-8-21(20)26/h2-11,16,27,29H,12-15,17H2,1H3,(H,28,31). The molecule has 1 heterocycles. The number of carbonyl (C=O) groups excluding carboxylic acids is 1. The van der Waals surface area contributed by atoms with E-state index in [0.717, 1.165) is 37.4 Å². The molecule has 7 nitrogen and oxygen atoms in total. The van der Waals surface area contributed by atoms with Crippen LogP contribution in [0.4, 0.5) is 11.4 Å². The molecular formula is C25H27ClN4O3S. The number of hydrogen-bond donors (Lipinski definition) is 3. The van der Waals surface area contributed by atoms with Crippen LogP contribution in [-0.2, 0) is 16.6 Å². The number of sulfonamides is 1. The molecule has 0 saturated carbocycles. The minimum Gasteiger partial charge on any atom is -0.367 e. The minimum absolute atomic E-state index is 0.204. The van der Waals surface area contributed by atoms with Crippen molar-refractivity contribution in [2.75, 3.05) is 35.8 Å². The first-order chi connectivity index (χ1) is 16.3. The molecule has 1 amide bonds. The van der Waals surface area contributed by atoms with E-state index in [0.29, 0.717) is 21.8 Å². The van der Waals surface area contributed by atoms with Gasteiger partial charge in [-0.3, -0.25) is 9.52 Å². The second-order valence-electron chi connectivity index (χ2n) is 8.11. The van der Waals surface area contributed by atoms with E-state index >= 15 is 0 Å². The fourth-order valence-electron chi connectivity index (χ4n) is 3.92. The van der Waals surface area contributed by atoms with Gasteiger partial charge in [0.25, 0.3) is 15.9 Å². The Hall–Kier alpha value is -3.07. The Balaban J connectivity index is 1.63. The first-order valence-corrected chi connectivity index (χ1v) is 12.9. The SMILES string of the molecule is Cc1ccccc1S(=O)(=O)Nc1cc(C(=O)NCc2ccccc2Cl)ccc1N1CCNCC1. The predicted octanol–water partition coefficient (Wildman–Crippen LogP) is 3.79. The van der Waals surface area contributed by atoms with Crippen molar-refractivity contribution in [1.82, 2.24) is 10.6 Å². The van der Waals surface area contributed by atoms with Gasteiger partial charge in [-0.1, -0.05) is 48.0 Å². The molecule has 3 aromatic carbocycles. The van der Waals surface area contributed by atoms with Gasteiger partial charge < -0.3 is 15.5 Å². The molecule has 4 rings (SSSR count). The molecule has 0 spiro atoms. The normalized spacial score (nSPS) is 14.0. The van der Waals surface area contributed by atoms with Crippen molar-refractivity contribution in [2.45, 2.75) is 18.4 Å². The van der Waals surface area contributed by atoms with Crippen molar-refractivity contribution in [2.24, 2.45) is 0 Å². The van der Waals surface area contributed by atoms with Gasteiger partial charge in [0, 0.05) is 43.3 Å². The fraction of sp³-hybridized carbons (Fsp3) is 0.240. The Kier molecular flexibility index (Phi) is 7.41. The summed E-state index contributed by atoms with van der Waals surface area (Å²) in [5, 5.41) is 6.73. The number of hydrogen-bond acceptors (Lipinski definition) is 5. The molecule has 1 fully saturated rings. The second-order valence-corrected chi connectivity index (χ2v) is 10.2. The molecule has 1 aliphatic heterocycles. The molecule has 0 aliphatic carbocycles. The van der Waals surface area contributed by atoms with Crippen LogP contribution >= 0.6 is 11.6 Å². The average molecular weight is 499 g/mol. The summed E-state index contributed by atoms with van der Waals surface area (Å²) in [5.41, 5.74) is 2.91. The van der Waals surface area contributed by atoms with Gasteiger partial charge in [-0.2, -0.15) is 0 Å². The number of halogens is 1. The quantitative estimate of drug-likeness (QED) is 0.461. The lowest BCUT2D eigenvalue weighted by Crippen LogP contribution is -2.43. The Morgan fingerprint density at radius 2 is 1.74 bits per heavy atom. The van der Waals surface area contributed by atoms with Crippen molar-refractivity contribution < 1.29 is 13.2 Å². The molecule has 1 saturated heterocycles. The first kappa shape index (κ1) is 24.1. The van der Waals surface area contributed by atoms with E-state index in [2.05, 4.69) is 20.3 Å². The summed E-state index contributed by atoms with van der Waals surface area (Å²) in [7, 11) is -3.85. The van der Waals surface area contributed by atoms with Crippen LogP contribution < -0.4 is 20.3 Å². The average Bonchev–Trinajstić information content (AvgIpc) is 2.84. The van der Waals surface area contributed by atoms with Crippen LogP contribution in [0.1, 0.15) is 21.5 Å². The Morgan fingerprint density at radius 1 is 1.03 bits per heavy atom. The smallest absolute Gasteiger partial charge is 0.262 e. The highest BCUT2D eigenvalue weighted by molar-refractivity contribution is 7.92. The maximum absolute atomic E-state index is 13.2. The third kappa shape index (κ3) is 5.52. The third-order valence-corrected chi connectivity index (χ3v) is 7.64. The van der Waals surface area contributed by atoms with Crippen LogP contribution in [0, 0.1) is 6.92 Å². The summed E-state index contributed by atoms with van der Waals surface area (Å²) < 4.78 is 29.2. The lowest BCUT2D eigenvalue weighted by Gasteiger charge is -2.31. The fourth-order valence-corrected chi connectivity index (χ4v) is 5.43. The summed E-state index contributed by atoms with van der Waals surface area (Å²) in [5.74, 6) is -0.317. The van der Waals surface area contributed by atoms with Crippen molar-refractivity contribution in [1.29, 1.82) is 0 Å². The van der Waals surface area contributed by atoms with E-state index in [9.17, 15) is 13.2 Å². The van der Waals surface area contributed by atoms with E-state index < -0.39 is 10.0 Å². The number of carbonyl (C=O) groups is 1. The van der Waals surface area contributed by atoms with Crippen LogP contribution in [0.3, 0.4) is 0 Å². The molecule has 9 heteroatoms. The molecule has 3 N–H and O–H groups in total. The van der Waals surface area contributed by atoms with Gasteiger partial charge in [0.1, 0.15) is 0 Å². The third-order valence-electron chi connectivity index (χ3n) is 5.74. The first-order valence-electron chi connectivity index (χ1n) is 11.0. The Labute approximate surface area is 205 Å². The van der Waals surface area contributed by atoms with E-state index in [1.807, 2.05) is 18.2 Å². The Morgan fingerprint density at radius 3 is 2.47 bits per heavy atom. The molecule has 0 radical (unpaired) electrons. The van der Waals surface area contributed by atoms with Gasteiger partial charge in [-0.15, -0.1) is 0 Å². The zero-order chi connectivity index (χ0) is 24.1. The number of nitrogens with zero attached hydrogens (tertiary/aromatic N) is 1. The molecule has 3 aromatic rings. The largest absolute Gasteiger partial charge is 0.367 e. The van der Waals surface area contributed by atoms with Crippen LogP contribution in [0.2, 0.25) is 5.02 Å². The van der Waals surface area contributed by atoms with Gasteiger partial charge >= 0.3 is 0 Å². The number of nitrogens with one attached hydrogen (secondary N) is 3. The lowest BCUT2D eigenvalue weighted by atomic mass is 10.1. The highest BCUT2D eigenvalue weighted by Gasteiger charge is 2.22. The van der Waals surface area contributed by atoms with E-state index in [-0.39, 0.29) is 17.3 Å². The van der Waals surface area contributed by atoms with Crippen LogP contribution in [0.5, 0.6) is 0 Å². The molecule has 0 aromatic heterocycles. The van der Waals surface area contributed by atoms with E-state index in [1.54, 1.807) is 55.5 Å². The van der Waals surface area contributed by atoms with Crippen LogP contribution in [0.25, 0.3) is 0 Å². The van der Waals surface area contributed by atoms with Gasteiger partial charge in [-0.05, 0) is 48.4 Å². The summed E-state index contributed by atoms with van der Waals surface area (Å²) in [6.45, 7) is 5.08. The van der Waals surface area contributed by atoms with Crippen molar-refractivity contribution in [3.63, 3.8) is 0 Å². The van der Waals surface area contributed by atoms with Crippen molar-refractivity contribution in [3.05, 3.63) is 88.4 Å². The topological polar surface area (TPSA) is 90.5 Å². The monoisotopic (exact) mass is 498 g/mol. The zero-order valence-electron chi connectivity index (χ0n) is 18.8. The predicted molar refractivity (Wildman–Crippen MR) is 136 cm³/mol. The number of rotatable bonds is 7. The molecule has 1 aliphatic rings. The summed E-state index contributed by atoms with van der Waals surface area (Å²) >= 11 is 6.19. The van der Waals surface area contributed by atoms with Crippen LogP contribution in [0.15, 0.2) is 71.6 Å². The minimum atomic E-state index is -3.85. The van der Waals surface area contributed by atoms with Gasteiger partial charge in [0.15, 0.2) is 0 Å². The molecule has 34 heavy (non-hydrogen) atoms. The molecule has 0 atom stereocenters. The summed E-state index contributed by atoms with van der Waals surface area (Å²) in [4.78, 5) is 15.2. The van der Waals surface area contributed by atoms with Gasteiger partial charge in [0.2, 0.25) is 0 Å². The van der Waals surface area contributed by atoms with Crippen LogP contribution in [-0.4, -0.2) is 40.5 Å². The number of amides is 1. The molecule has 178 valence electrons. The number of aryl methyl sites for hydroxylation is 1. The zero-order valence-corrected chi connectivity index (χ0v) is 20.4. The second kappa shape index (κ2) is 10.5. The Bertz CT molecular complexity index is 1290. The maximum atomic E-state index is 13.2. The highest BCUT2D eigenvalue weighted by Crippen LogP contribution is 2.30. The highest BCUT2D eigenvalue weighted by atomic mass is 35.5. The van der Waals surface area contributed by atoms with Crippen molar-refractivity contribution >= 4 is 38.9 Å². The van der Waals surface area contributed by atoms with Crippen molar-refractivity contribution in [3.8, 4) is 0 Å². The van der Waals surface area contributed by atoms with E-state index in [1.165, 1.54) is 0 Å². The van der Waals surface area contributed by atoms with Gasteiger partial charge in [0.05, 0.1) is 16.3 Å². The lowest BCUT2D eigenvalue weighted by molar-refractivity contribution is 0.0951. The number of anilines is 2. The molecule has 0 bridgehead atoms. The number of benzene rings is 3. The van der Waals surface area contributed by atoms with E-state index in [4.69, 9.17) is 11.6 Å². The molecular weight excluding hydrogens is 472 g/mol. The number of piperazine rings is 1.